The van der Waals surface area contributed by atoms with Crippen LogP contribution in [0.1, 0.15) is 50.5 Å². The zero-order chi connectivity index (χ0) is 13.6. The molecule has 3 rings (SSSR count). The van der Waals surface area contributed by atoms with Gasteiger partial charge < -0.3 is 10.1 Å². The molecular weight excluding hydrogens is 246 g/mol. The highest BCUT2D eigenvalue weighted by molar-refractivity contribution is 5.35. The van der Waals surface area contributed by atoms with Gasteiger partial charge in [-0.3, -0.25) is 0 Å². The van der Waals surface area contributed by atoms with E-state index in [0.717, 1.165) is 31.1 Å². The Kier molecular flexibility index (Phi) is 4.96. The molecule has 0 aromatic heterocycles. The van der Waals surface area contributed by atoms with Crippen LogP contribution in [0.3, 0.4) is 0 Å². The molecule has 1 aliphatic heterocycles. The number of aryl methyl sites for hydroxylation is 1. The fourth-order valence-electron chi connectivity index (χ4n) is 3.54. The first-order chi connectivity index (χ1) is 9.92. The maximum Gasteiger partial charge on any atom is 0.122 e. The van der Waals surface area contributed by atoms with Gasteiger partial charge in [0.25, 0.3) is 0 Å². The second-order valence-corrected chi connectivity index (χ2v) is 6.40. The SMILES string of the molecule is c1ccc2c(c1)CCC(CNCC1CCCCCC1)O2. The number of benzene rings is 1. The third-order valence-electron chi connectivity index (χ3n) is 4.78. The maximum absolute atomic E-state index is 6.08. The van der Waals surface area contributed by atoms with Crippen molar-refractivity contribution in [1.29, 1.82) is 0 Å². The van der Waals surface area contributed by atoms with E-state index in [1.807, 2.05) is 0 Å². The number of hydrogen-bond acceptors (Lipinski definition) is 2. The molecule has 2 nitrogen and oxygen atoms in total. The van der Waals surface area contributed by atoms with Crippen LogP contribution in [0.15, 0.2) is 24.3 Å². The lowest BCUT2D eigenvalue weighted by Crippen LogP contribution is -2.36. The molecule has 1 fully saturated rings. The molecule has 2 heteroatoms. The van der Waals surface area contributed by atoms with Gasteiger partial charge in [0.05, 0.1) is 0 Å². The largest absolute Gasteiger partial charge is 0.489 e. The maximum atomic E-state index is 6.08. The smallest absolute Gasteiger partial charge is 0.122 e. The summed E-state index contributed by atoms with van der Waals surface area (Å²) in [5.41, 5.74) is 1.37. The zero-order valence-electron chi connectivity index (χ0n) is 12.4. The summed E-state index contributed by atoms with van der Waals surface area (Å²) in [6.45, 7) is 2.19. The zero-order valence-corrected chi connectivity index (χ0v) is 12.4. The van der Waals surface area contributed by atoms with Crippen LogP contribution in [0.25, 0.3) is 0 Å². The van der Waals surface area contributed by atoms with Gasteiger partial charge in [-0.05, 0) is 49.8 Å². The summed E-state index contributed by atoms with van der Waals surface area (Å²) in [5.74, 6) is 1.99. The molecule has 1 aromatic carbocycles. The average Bonchev–Trinajstić information content (AvgIpc) is 2.76. The molecule has 0 saturated heterocycles. The van der Waals surface area contributed by atoms with E-state index >= 15 is 0 Å². The van der Waals surface area contributed by atoms with E-state index in [1.165, 1.54) is 50.6 Å². The van der Waals surface area contributed by atoms with E-state index in [9.17, 15) is 0 Å². The third-order valence-corrected chi connectivity index (χ3v) is 4.78. The lowest BCUT2D eigenvalue weighted by atomic mass is 9.99. The molecular formula is C18H27NO. The van der Waals surface area contributed by atoms with Crippen molar-refractivity contribution in [3.63, 3.8) is 0 Å². The molecule has 1 N–H and O–H groups in total. The van der Waals surface area contributed by atoms with Crippen molar-refractivity contribution < 1.29 is 4.74 Å². The predicted molar refractivity (Wildman–Crippen MR) is 83.2 cm³/mol. The minimum Gasteiger partial charge on any atom is -0.489 e. The van der Waals surface area contributed by atoms with Crippen molar-refractivity contribution in [3.8, 4) is 5.75 Å². The van der Waals surface area contributed by atoms with Crippen molar-refractivity contribution >= 4 is 0 Å². The lowest BCUT2D eigenvalue weighted by molar-refractivity contribution is 0.168. The Hall–Kier alpha value is -1.02. The highest BCUT2D eigenvalue weighted by Crippen LogP contribution is 2.27. The second-order valence-electron chi connectivity index (χ2n) is 6.40. The van der Waals surface area contributed by atoms with Gasteiger partial charge in [0, 0.05) is 6.54 Å². The molecule has 0 amide bonds. The van der Waals surface area contributed by atoms with Gasteiger partial charge in [0.1, 0.15) is 11.9 Å². The molecule has 110 valence electrons. The predicted octanol–water partition coefficient (Wildman–Crippen LogP) is 3.94. The normalized spacial score (nSPS) is 23.7. The number of hydrogen-bond donors (Lipinski definition) is 1. The van der Waals surface area contributed by atoms with Crippen LogP contribution >= 0.6 is 0 Å². The van der Waals surface area contributed by atoms with Crippen LogP contribution in [0.4, 0.5) is 0 Å². The standard InChI is InChI=1S/C18H27NO/c1-2-4-8-15(7-3-1)13-19-14-17-12-11-16-9-5-6-10-18(16)20-17/h5-6,9-10,15,17,19H,1-4,7-8,11-14H2. The molecule has 0 spiro atoms. The first-order valence-electron chi connectivity index (χ1n) is 8.37. The number of nitrogens with one attached hydrogen (secondary N) is 1. The van der Waals surface area contributed by atoms with Gasteiger partial charge >= 0.3 is 0 Å². The number of para-hydroxylation sites is 1. The number of ether oxygens (including phenoxy) is 1. The Labute approximate surface area is 122 Å². The van der Waals surface area contributed by atoms with Gasteiger partial charge in [-0.25, -0.2) is 0 Å². The Morgan fingerprint density at radius 1 is 0.950 bits per heavy atom. The summed E-state index contributed by atoms with van der Waals surface area (Å²) in [4.78, 5) is 0. The van der Waals surface area contributed by atoms with Crippen LogP contribution in [0, 0.1) is 5.92 Å². The van der Waals surface area contributed by atoms with Crippen molar-refractivity contribution in [2.75, 3.05) is 13.1 Å². The van der Waals surface area contributed by atoms with Crippen LogP contribution in [0.5, 0.6) is 5.75 Å². The molecule has 20 heavy (non-hydrogen) atoms. The summed E-state index contributed by atoms with van der Waals surface area (Å²) >= 11 is 0. The first kappa shape index (κ1) is 13.9. The molecule has 2 aliphatic rings. The van der Waals surface area contributed by atoms with Crippen molar-refractivity contribution in [3.05, 3.63) is 29.8 Å². The minimum absolute atomic E-state index is 0.357. The van der Waals surface area contributed by atoms with Crippen molar-refractivity contribution in [1.82, 2.24) is 5.32 Å². The van der Waals surface area contributed by atoms with Gasteiger partial charge in [0.2, 0.25) is 0 Å². The molecule has 1 saturated carbocycles. The van der Waals surface area contributed by atoms with Crippen LogP contribution < -0.4 is 10.1 Å². The highest BCUT2D eigenvalue weighted by Gasteiger charge is 2.19. The van der Waals surface area contributed by atoms with E-state index in [4.69, 9.17) is 4.74 Å². The fraction of sp³-hybridized carbons (Fsp3) is 0.667. The Morgan fingerprint density at radius 2 is 1.75 bits per heavy atom. The van der Waals surface area contributed by atoms with Crippen LogP contribution in [-0.2, 0) is 6.42 Å². The van der Waals surface area contributed by atoms with Crippen molar-refractivity contribution in [2.24, 2.45) is 5.92 Å². The Balaban J connectivity index is 1.41. The summed E-state index contributed by atoms with van der Waals surface area (Å²) in [7, 11) is 0. The Morgan fingerprint density at radius 3 is 2.60 bits per heavy atom. The van der Waals surface area contributed by atoms with Crippen LogP contribution in [0.2, 0.25) is 0 Å². The van der Waals surface area contributed by atoms with E-state index in [0.29, 0.717) is 6.10 Å². The van der Waals surface area contributed by atoms with E-state index in [1.54, 1.807) is 0 Å². The van der Waals surface area contributed by atoms with Gasteiger partial charge in [0.15, 0.2) is 0 Å². The summed E-state index contributed by atoms with van der Waals surface area (Å²) in [5, 5.41) is 3.66. The monoisotopic (exact) mass is 273 g/mol. The number of fused-ring (bicyclic) bond motifs is 1. The molecule has 1 unspecified atom stereocenters. The molecule has 1 aliphatic carbocycles. The number of rotatable bonds is 4. The van der Waals surface area contributed by atoms with E-state index in [-0.39, 0.29) is 0 Å². The molecule has 0 radical (unpaired) electrons. The van der Waals surface area contributed by atoms with Crippen LogP contribution in [-0.4, -0.2) is 19.2 Å². The molecule has 0 bridgehead atoms. The quantitative estimate of drug-likeness (QED) is 0.839. The van der Waals surface area contributed by atoms with Gasteiger partial charge in [-0.1, -0.05) is 43.9 Å². The molecule has 1 atom stereocenters. The van der Waals surface area contributed by atoms with E-state index in [2.05, 4.69) is 29.6 Å². The highest BCUT2D eigenvalue weighted by atomic mass is 16.5. The summed E-state index contributed by atoms with van der Waals surface area (Å²) in [6.07, 6.45) is 11.2. The average molecular weight is 273 g/mol. The lowest BCUT2D eigenvalue weighted by Gasteiger charge is -2.27. The minimum atomic E-state index is 0.357. The summed E-state index contributed by atoms with van der Waals surface area (Å²) < 4.78 is 6.08. The summed E-state index contributed by atoms with van der Waals surface area (Å²) in [6, 6.07) is 8.46. The van der Waals surface area contributed by atoms with Gasteiger partial charge in [-0.2, -0.15) is 0 Å². The van der Waals surface area contributed by atoms with E-state index < -0.39 is 0 Å². The third kappa shape index (κ3) is 3.76. The molecule has 1 aromatic rings. The Bertz CT molecular complexity index is 410. The topological polar surface area (TPSA) is 21.3 Å². The second kappa shape index (κ2) is 7.12. The molecule has 1 heterocycles. The van der Waals surface area contributed by atoms with Gasteiger partial charge in [-0.15, -0.1) is 0 Å². The van der Waals surface area contributed by atoms with Crippen molar-refractivity contribution in [2.45, 2.75) is 57.5 Å². The fourth-order valence-corrected chi connectivity index (χ4v) is 3.54. The first-order valence-corrected chi connectivity index (χ1v) is 8.37.